The van der Waals surface area contributed by atoms with E-state index in [9.17, 15) is 4.79 Å². The molecule has 5 nitrogen and oxygen atoms in total. The third kappa shape index (κ3) is 2.66. The number of hydrogen-bond acceptors (Lipinski definition) is 3. The molecule has 0 aliphatic carbocycles. The molecular formula is C12H20N4O. The van der Waals surface area contributed by atoms with Gasteiger partial charge in [-0.15, -0.1) is 0 Å². The van der Waals surface area contributed by atoms with Gasteiger partial charge in [0.05, 0.1) is 11.5 Å². The Labute approximate surface area is 101 Å². The number of H-pyrrole nitrogens is 1. The second kappa shape index (κ2) is 4.87. The molecule has 0 radical (unpaired) electrons. The van der Waals surface area contributed by atoms with Crippen LogP contribution >= 0.6 is 0 Å². The van der Waals surface area contributed by atoms with E-state index in [0.717, 1.165) is 31.8 Å². The maximum absolute atomic E-state index is 12.2. The van der Waals surface area contributed by atoms with E-state index in [-0.39, 0.29) is 17.4 Å². The standard InChI is InChI=1S/C12H20N4O/c1-9(10-14-6-7-15-10)16-11(17)12(2)4-3-5-13-8-12/h6-7,9,13H,3-5,8H2,1-2H3,(H,14,15)(H,16,17). The maximum atomic E-state index is 12.2. The topological polar surface area (TPSA) is 69.8 Å². The van der Waals surface area contributed by atoms with E-state index in [1.165, 1.54) is 0 Å². The Balaban J connectivity index is 1.96. The lowest BCUT2D eigenvalue weighted by molar-refractivity contribution is -0.131. The van der Waals surface area contributed by atoms with Crippen molar-refractivity contribution in [3.8, 4) is 0 Å². The minimum atomic E-state index is -0.293. The second-order valence-corrected chi connectivity index (χ2v) is 5.01. The van der Waals surface area contributed by atoms with E-state index < -0.39 is 0 Å². The fourth-order valence-electron chi connectivity index (χ4n) is 2.20. The van der Waals surface area contributed by atoms with Crippen molar-refractivity contribution in [1.29, 1.82) is 0 Å². The Morgan fingerprint density at radius 2 is 2.47 bits per heavy atom. The number of amides is 1. The number of hydrogen-bond donors (Lipinski definition) is 3. The molecule has 1 amide bonds. The van der Waals surface area contributed by atoms with Crippen LogP contribution in [-0.4, -0.2) is 29.0 Å². The van der Waals surface area contributed by atoms with Crippen LogP contribution in [0, 0.1) is 5.41 Å². The summed E-state index contributed by atoms with van der Waals surface area (Å²) in [7, 11) is 0. The molecule has 1 aliphatic heterocycles. The third-order valence-corrected chi connectivity index (χ3v) is 3.42. The van der Waals surface area contributed by atoms with Crippen LogP contribution < -0.4 is 10.6 Å². The first-order valence-electron chi connectivity index (χ1n) is 6.13. The number of imidazole rings is 1. The summed E-state index contributed by atoms with van der Waals surface area (Å²) < 4.78 is 0. The molecule has 3 N–H and O–H groups in total. The average Bonchev–Trinajstić information content (AvgIpc) is 2.83. The zero-order valence-electron chi connectivity index (χ0n) is 10.4. The van der Waals surface area contributed by atoms with E-state index in [2.05, 4.69) is 20.6 Å². The van der Waals surface area contributed by atoms with Gasteiger partial charge in [0.2, 0.25) is 5.91 Å². The number of piperidine rings is 1. The lowest BCUT2D eigenvalue weighted by atomic mass is 9.82. The minimum absolute atomic E-state index is 0.0729. The van der Waals surface area contributed by atoms with Gasteiger partial charge in [0.25, 0.3) is 0 Å². The summed E-state index contributed by atoms with van der Waals surface area (Å²) in [5.74, 6) is 0.902. The number of nitrogens with one attached hydrogen (secondary N) is 3. The normalized spacial score (nSPS) is 26.5. The van der Waals surface area contributed by atoms with Crippen molar-refractivity contribution in [2.24, 2.45) is 5.41 Å². The molecule has 1 aromatic heterocycles. The van der Waals surface area contributed by atoms with Gasteiger partial charge in [-0.3, -0.25) is 4.79 Å². The molecule has 0 saturated carbocycles. The highest BCUT2D eigenvalue weighted by Crippen LogP contribution is 2.26. The van der Waals surface area contributed by atoms with Crippen molar-refractivity contribution < 1.29 is 4.79 Å². The Kier molecular flexibility index (Phi) is 3.47. The monoisotopic (exact) mass is 236 g/mol. The number of nitrogens with zero attached hydrogens (tertiary/aromatic N) is 1. The molecule has 0 bridgehead atoms. The molecule has 0 aromatic carbocycles. The Hall–Kier alpha value is -1.36. The first kappa shape index (κ1) is 12.1. The lowest BCUT2D eigenvalue weighted by Crippen LogP contribution is -2.49. The largest absolute Gasteiger partial charge is 0.347 e. The van der Waals surface area contributed by atoms with Gasteiger partial charge < -0.3 is 15.6 Å². The van der Waals surface area contributed by atoms with Gasteiger partial charge in [-0.2, -0.15) is 0 Å². The van der Waals surface area contributed by atoms with Gasteiger partial charge in [-0.05, 0) is 33.2 Å². The molecule has 94 valence electrons. The maximum Gasteiger partial charge on any atom is 0.227 e. The highest BCUT2D eigenvalue weighted by Gasteiger charge is 2.35. The van der Waals surface area contributed by atoms with Gasteiger partial charge in [-0.1, -0.05) is 0 Å². The first-order chi connectivity index (χ1) is 8.12. The van der Waals surface area contributed by atoms with Gasteiger partial charge in [0.15, 0.2) is 0 Å². The summed E-state index contributed by atoms with van der Waals surface area (Å²) in [4.78, 5) is 19.4. The molecule has 2 heterocycles. The summed E-state index contributed by atoms with van der Waals surface area (Å²) in [6.07, 6.45) is 5.46. The van der Waals surface area contributed by atoms with E-state index in [1.54, 1.807) is 12.4 Å². The van der Waals surface area contributed by atoms with E-state index in [1.807, 2.05) is 13.8 Å². The smallest absolute Gasteiger partial charge is 0.227 e. The van der Waals surface area contributed by atoms with Crippen LogP contribution in [-0.2, 0) is 4.79 Å². The molecule has 1 aromatic rings. The summed E-state index contributed by atoms with van der Waals surface area (Å²) in [6.45, 7) is 5.72. The number of rotatable bonds is 3. The minimum Gasteiger partial charge on any atom is -0.347 e. The van der Waals surface area contributed by atoms with Crippen LogP contribution in [0.3, 0.4) is 0 Å². The quantitative estimate of drug-likeness (QED) is 0.732. The average molecular weight is 236 g/mol. The predicted molar refractivity (Wildman–Crippen MR) is 65.4 cm³/mol. The molecule has 2 unspecified atom stereocenters. The zero-order valence-corrected chi connectivity index (χ0v) is 10.4. The number of aromatic nitrogens is 2. The van der Waals surface area contributed by atoms with Gasteiger partial charge in [0, 0.05) is 18.9 Å². The molecular weight excluding hydrogens is 216 g/mol. The third-order valence-electron chi connectivity index (χ3n) is 3.42. The van der Waals surface area contributed by atoms with Crippen LogP contribution in [0.5, 0.6) is 0 Å². The molecule has 2 rings (SSSR count). The fraction of sp³-hybridized carbons (Fsp3) is 0.667. The van der Waals surface area contributed by atoms with Gasteiger partial charge in [0.1, 0.15) is 5.82 Å². The highest BCUT2D eigenvalue weighted by atomic mass is 16.2. The van der Waals surface area contributed by atoms with Crippen LogP contribution in [0.2, 0.25) is 0 Å². The van der Waals surface area contributed by atoms with Crippen molar-refractivity contribution in [3.05, 3.63) is 18.2 Å². The van der Waals surface area contributed by atoms with Crippen LogP contribution in [0.25, 0.3) is 0 Å². The van der Waals surface area contributed by atoms with Gasteiger partial charge in [-0.25, -0.2) is 4.98 Å². The molecule has 5 heteroatoms. The highest BCUT2D eigenvalue weighted by molar-refractivity contribution is 5.82. The number of carbonyl (C=O) groups is 1. The van der Waals surface area contributed by atoms with Crippen molar-refractivity contribution in [1.82, 2.24) is 20.6 Å². The number of carbonyl (C=O) groups excluding carboxylic acids is 1. The predicted octanol–water partition coefficient (Wildman–Crippen LogP) is 0.977. The van der Waals surface area contributed by atoms with Crippen molar-refractivity contribution in [2.45, 2.75) is 32.7 Å². The van der Waals surface area contributed by atoms with Crippen LogP contribution in [0.1, 0.15) is 38.6 Å². The van der Waals surface area contributed by atoms with Crippen molar-refractivity contribution in [3.63, 3.8) is 0 Å². The fourth-order valence-corrected chi connectivity index (χ4v) is 2.20. The summed E-state index contributed by atoms with van der Waals surface area (Å²) >= 11 is 0. The first-order valence-corrected chi connectivity index (χ1v) is 6.13. The Morgan fingerprint density at radius 1 is 1.65 bits per heavy atom. The number of aromatic amines is 1. The van der Waals surface area contributed by atoms with Crippen molar-refractivity contribution >= 4 is 5.91 Å². The Morgan fingerprint density at radius 3 is 3.06 bits per heavy atom. The SMILES string of the molecule is CC(NC(=O)C1(C)CCCNC1)c1ncc[nH]1. The van der Waals surface area contributed by atoms with Crippen LogP contribution in [0.15, 0.2) is 12.4 Å². The van der Waals surface area contributed by atoms with E-state index >= 15 is 0 Å². The van der Waals surface area contributed by atoms with E-state index in [4.69, 9.17) is 0 Å². The molecule has 17 heavy (non-hydrogen) atoms. The lowest BCUT2D eigenvalue weighted by Gasteiger charge is -2.33. The summed E-state index contributed by atoms with van der Waals surface area (Å²) in [5, 5.41) is 6.30. The summed E-state index contributed by atoms with van der Waals surface area (Å²) in [5.41, 5.74) is -0.293. The Bertz CT molecular complexity index is 368. The van der Waals surface area contributed by atoms with Crippen LogP contribution in [0.4, 0.5) is 0 Å². The molecule has 1 saturated heterocycles. The molecule has 2 atom stereocenters. The summed E-state index contributed by atoms with van der Waals surface area (Å²) in [6, 6.07) is -0.0729. The van der Waals surface area contributed by atoms with Crippen molar-refractivity contribution in [2.75, 3.05) is 13.1 Å². The second-order valence-electron chi connectivity index (χ2n) is 5.01. The van der Waals surface area contributed by atoms with Gasteiger partial charge >= 0.3 is 0 Å². The van der Waals surface area contributed by atoms with E-state index in [0.29, 0.717) is 0 Å². The molecule has 1 aliphatic rings. The molecule has 1 fully saturated rings. The molecule has 0 spiro atoms. The zero-order chi connectivity index (χ0) is 12.3.